The van der Waals surface area contributed by atoms with Gasteiger partial charge in [-0.3, -0.25) is 9.78 Å². The van der Waals surface area contributed by atoms with E-state index in [1.807, 2.05) is 37.4 Å². The molecular weight excluding hydrogens is 266 g/mol. The van der Waals surface area contributed by atoms with Crippen molar-refractivity contribution in [2.24, 2.45) is 0 Å². The average molecular weight is 285 g/mol. The number of amides is 1. The van der Waals surface area contributed by atoms with Gasteiger partial charge in [0.05, 0.1) is 12.8 Å². The van der Waals surface area contributed by atoms with Crippen molar-refractivity contribution in [1.29, 1.82) is 0 Å². The topological polar surface area (TPSA) is 63.2 Å². The summed E-state index contributed by atoms with van der Waals surface area (Å²) in [4.78, 5) is 15.4. The molecule has 0 atom stereocenters. The van der Waals surface area contributed by atoms with Crippen molar-refractivity contribution in [3.05, 3.63) is 47.8 Å². The first kappa shape index (κ1) is 14.8. The molecule has 0 unspecified atom stereocenters. The Hall–Kier alpha value is -2.56. The van der Waals surface area contributed by atoms with Crippen LogP contribution in [0.5, 0.6) is 5.75 Å². The van der Waals surface area contributed by atoms with E-state index in [4.69, 9.17) is 4.74 Å². The lowest BCUT2D eigenvalue weighted by atomic mass is 10.2. The van der Waals surface area contributed by atoms with Crippen LogP contribution >= 0.6 is 0 Å². The average Bonchev–Trinajstić information content (AvgIpc) is 2.46. The summed E-state index contributed by atoms with van der Waals surface area (Å²) >= 11 is 0. The number of aromatic nitrogens is 1. The maximum Gasteiger partial charge on any atom is 0.221 e. The highest BCUT2D eigenvalue weighted by atomic mass is 16.5. The standard InChI is InChI=1S/C16H19N3O2/c1-11-4-5-13(9-17-11)10-18-15-8-14(19-12(2)20)6-7-16(15)21-3/h4-9,18H,10H2,1-3H3,(H,19,20). The molecule has 0 bridgehead atoms. The number of carbonyl (C=O) groups is 1. The molecule has 0 aliphatic carbocycles. The molecule has 0 saturated carbocycles. The summed E-state index contributed by atoms with van der Waals surface area (Å²) in [5.74, 6) is 0.623. The van der Waals surface area contributed by atoms with Crippen LogP contribution in [-0.2, 0) is 11.3 Å². The highest BCUT2D eigenvalue weighted by Crippen LogP contribution is 2.28. The Bertz CT molecular complexity index is 624. The number of rotatable bonds is 5. The summed E-state index contributed by atoms with van der Waals surface area (Å²) in [7, 11) is 1.62. The second-order valence-electron chi connectivity index (χ2n) is 4.76. The second kappa shape index (κ2) is 6.74. The lowest BCUT2D eigenvalue weighted by Crippen LogP contribution is -2.07. The fraction of sp³-hybridized carbons (Fsp3) is 0.250. The van der Waals surface area contributed by atoms with Crippen LogP contribution < -0.4 is 15.4 Å². The Morgan fingerprint density at radius 1 is 1.29 bits per heavy atom. The summed E-state index contributed by atoms with van der Waals surface area (Å²) in [6.45, 7) is 4.07. The summed E-state index contributed by atoms with van der Waals surface area (Å²) in [6, 6.07) is 9.48. The van der Waals surface area contributed by atoms with E-state index < -0.39 is 0 Å². The largest absolute Gasteiger partial charge is 0.495 e. The number of carbonyl (C=O) groups excluding carboxylic acids is 1. The van der Waals surface area contributed by atoms with Gasteiger partial charge in [-0.05, 0) is 36.8 Å². The normalized spacial score (nSPS) is 10.0. The lowest BCUT2D eigenvalue weighted by molar-refractivity contribution is -0.114. The van der Waals surface area contributed by atoms with Gasteiger partial charge in [-0.15, -0.1) is 0 Å². The molecule has 5 nitrogen and oxygen atoms in total. The van der Waals surface area contributed by atoms with E-state index in [0.717, 1.165) is 28.4 Å². The second-order valence-corrected chi connectivity index (χ2v) is 4.76. The van der Waals surface area contributed by atoms with E-state index in [9.17, 15) is 4.79 Å². The number of hydrogen-bond donors (Lipinski definition) is 2. The molecular formula is C16H19N3O2. The maximum absolute atomic E-state index is 11.1. The summed E-state index contributed by atoms with van der Waals surface area (Å²) in [6.07, 6.45) is 1.84. The third-order valence-corrected chi connectivity index (χ3v) is 2.98. The SMILES string of the molecule is COc1ccc(NC(C)=O)cc1NCc1ccc(C)nc1. The summed E-state index contributed by atoms with van der Waals surface area (Å²) in [5, 5.41) is 6.05. The van der Waals surface area contributed by atoms with E-state index in [-0.39, 0.29) is 5.91 Å². The maximum atomic E-state index is 11.1. The third-order valence-electron chi connectivity index (χ3n) is 2.98. The minimum Gasteiger partial charge on any atom is -0.495 e. The van der Waals surface area contributed by atoms with Crippen molar-refractivity contribution in [3.63, 3.8) is 0 Å². The number of benzene rings is 1. The number of methoxy groups -OCH3 is 1. The van der Waals surface area contributed by atoms with Crippen LogP contribution in [0.1, 0.15) is 18.2 Å². The Balaban J connectivity index is 2.13. The van der Waals surface area contributed by atoms with Gasteiger partial charge in [-0.2, -0.15) is 0 Å². The van der Waals surface area contributed by atoms with Gasteiger partial charge in [0.25, 0.3) is 0 Å². The highest BCUT2D eigenvalue weighted by Gasteiger charge is 2.05. The molecule has 1 amide bonds. The minimum atomic E-state index is -0.103. The monoisotopic (exact) mass is 285 g/mol. The predicted molar refractivity (Wildman–Crippen MR) is 83.6 cm³/mol. The number of aryl methyl sites for hydroxylation is 1. The van der Waals surface area contributed by atoms with Crippen LogP contribution in [0.3, 0.4) is 0 Å². The molecule has 5 heteroatoms. The number of hydrogen-bond acceptors (Lipinski definition) is 4. The molecule has 110 valence electrons. The number of nitrogens with zero attached hydrogens (tertiary/aromatic N) is 1. The van der Waals surface area contributed by atoms with E-state index in [1.165, 1.54) is 6.92 Å². The smallest absolute Gasteiger partial charge is 0.221 e. The molecule has 0 spiro atoms. The van der Waals surface area contributed by atoms with Gasteiger partial charge in [0, 0.05) is 31.0 Å². The molecule has 2 rings (SSSR count). The first-order valence-electron chi connectivity index (χ1n) is 6.69. The fourth-order valence-electron chi connectivity index (χ4n) is 1.93. The Labute approximate surface area is 124 Å². The number of anilines is 2. The summed E-state index contributed by atoms with van der Waals surface area (Å²) in [5.41, 5.74) is 3.62. The van der Waals surface area contributed by atoms with Crippen LogP contribution in [0.2, 0.25) is 0 Å². The number of nitrogens with one attached hydrogen (secondary N) is 2. The molecule has 0 fully saturated rings. The van der Waals surface area contributed by atoms with Gasteiger partial charge >= 0.3 is 0 Å². The Morgan fingerprint density at radius 3 is 2.71 bits per heavy atom. The van der Waals surface area contributed by atoms with E-state index in [0.29, 0.717) is 6.54 Å². The van der Waals surface area contributed by atoms with Crippen molar-refractivity contribution >= 4 is 17.3 Å². The van der Waals surface area contributed by atoms with Crippen molar-refractivity contribution < 1.29 is 9.53 Å². The molecule has 0 radical (unpaired) electrons. The quantitative estimate of drug-likeness (QED) is 0.886. The van der Waals surface area contributed by atoms with Gasteiger partial charge < -0.3 is 15.4 Å². The van der Waals surface area contributed by atoms with Crippen molar-refractivity contribution in [2.75, 3.05) is 17.7 Å². The zero-order valence-electron chi connectivity index (χ0n) is 12.4. The van der Waals surface area contributed by atoms with Crippen molar-refractivity contribution in [2.45, 2.75) is 20.4 Å². The molecule has 21 heavy (non-hydrogen) atoms. The predicted octanol–water partition coefficient (Wildman–Crippen LogP) is 2.97. The van der Waals surface area contributed by atoms with Crippen molar-refractivity contribution in [3.8, 4) is 5.75 Å². The fourth-order valence-corrected chi connectivity index (χ4v) is 1.93. The Kier molecular flexibility index (Phi) is 4.77. The van der Waals surface area contributed by atoms with Gasteiger partial charge in [0.2, 0.25) is 5.91 Å². The molecule has 1 aromatic carbocycles. The number of ether oxygens (including phenoxy) is 1. The highest BCUT2D eigenvalue weighted by molar-refractivity contribution is 5.89. The van der Waals surface area contributed by atoms with Crippen LogP contribution in [0.4, 0.5) is 11.4 Å². The van der Waals surface area contributed by atoms with Crippen LogP contribution in [0.15, 0.2) is 36.5 Å². The summed E-state index contributed by atoms with van der Waals surface area (Å²) < 4.78 is 5.32. The molecule has 0 aliphatic heterocycles. The van der Waals surface area contributed by atoms with E-state index in [1.54, 1.807) is 13.2 Å². The third kappa shape index (κ3) is 4.21. The van der Waals surface area contributed by atoms with E-state index >= 15 is 0 Å². The van der Waals surface area contributed by atoms with Crippen LogP contribution in [0, 0.1) is 6.92 Å². The Morgan fingerprint density at radius 2 is 2.10 bits per heavy atom. The van der Waals surface area contributed by atoms with E-state index in [2.05, 4.69) is 15.6 Å². The van der Waals surface area contributed by atoms with Gasteiger partial charge in [0.15, 0.2) is 0 Å². The van der Waals surface area contributed by atoms with Gasteiger partial charge in [0.1, 0.15) is 5.75 Å². The lowest BCUT2D eigenvalue weighted by Gasteiger charge is -2.13. The molecule has 2 N–H and O–H groups in total. The minimum absolute atomic E-state index is 0.103. The number of pyridine rings is 1. The van der Waals surface area contributed by atoms with Gasteiger partial charge in [-0.25, -0.2) is 0 Å². The molecule has 0 aliphatic rings. The first-order chi connectivity index (χ1) is 10.1. The molecule has 2 aromatic rings. The first-order valence-corrected chi connectivity index (χ1v) is 6.69. The van der Waals surface area contributed by atoms with Crippen LogP contribution in [0.25, 0.3) is 0 Å². The molecule has 1 heterocycles. The van der Waals surface area contributed by atoms with Crippen LogP contribution in [-0.4, -0.2) is 18.0 Å². The molecule has 1 aromatic heterocycles. The zero-order valence-corrected chi connectivity index (χ0v) is 12.4. The van der Waals surface area contributed by atoms with Crippen molar-refractivity contribution in [1.82, 2.24) is 4.98 Å². The zero-order chi connectivity index (χ0) is 15.2. The molecule has 0 saturated heterocycles. The van der Waals surface area contributed by atoms with Gasteiger partial charge in [-0.1, -0.05) is 6.07 Å².